The number of aliphatic hydroxyl groups is 1. The summed E-state index contributed by atoms with van der Waals surface area (Å²) in [6, 6.07) is 0. The Morgan fingerprint density at radius 3 is 2.47 bits per heavy atom. The lowest BCUT2D eigenvalue weighted by Crippen LogP contribution is -2.50. The van der Waals surface area contributed by atoms with Crippen molar-refractivity contribution in [2.45, 2.75) is 112 Å². The third-order valence-corrected chi connectivity index (χ3v) is 12.2. The van der Waals surface area contributed by atoms with Gasteiger partial charge in [0.2, 0.25) is 0 Å². The van der Waals surface area contributed by atoms with Gasteiger partial charge in [-0.2, -0.15) is 0 Å². The van der Waals surface area contributed by atoms with Crippen molar-refractivity contribution in [1.29, 1.82) is 0 Å². The van der Waals surface area contributed by atoms with Crippen molar-refractivity contribution in [3.63, 3.8) is 0 Å². The van der Waals surface area contributed by atoms with E-state index in [0.29, 0.717) is 16.2 Å². The Morgan fingerprint density at radius 1 is 1.00 bits per heavy atom. The first kappa shape index (κ1) is 21.5. The Hall–Kier alpha value is -0.300. The van der Waals surface area contributed by atoms with Crippen LogP contribution in [0.15, 0.2) is 11.6 Å². The molecular weight excluding hydrogens is 364 g/mol. The summed E-state index contributed by atoms with van der Waals surface area (Å²) in [6.07, 6.45) is 15.8. The average Bonchev–Trinajstić information content (AvgIpc) is 3.03. The predicted octanol–water partition coefficient (Wildman–Crippen LogP) is 7.63. The van der Waals surface area contributed by atoms with Gasteiger partial charge >= 0.3 is 0 Å². The molecule has 5 aliphatic rings. The first-order valence-electron chi connectivity index (χ1n) is 13.5. The van der Waals surface area contributed by atoms with Crippen LogP contribution < -0.4 is 0 Å². The summed E-state index contributed by atoms with van der Waals surface area (Å²) in [7, 11) is 0. The summed E-state index contributed by atoms with van der Waals surface area (Å²) in [5, 5.41) is 10.3. The molecule has 0 aliphatic heterocycles. The standard InChI is InChI=1S/C29H48O/c1-7-22-26(27(22,3)4)16-18(2)23-10-11-24-21-9-8-19-17-20(30)12-14-28(19,5)25(21)13-15-29(23,24)6/h8,18,20-26,30H,7,9-17H2,1-6H3/t18-,20+,21+,22-,23-,24+,25+,26-,28+,29-/m1/s1. The molecule has 30 heavy (non-hydrogen) atoms. The third kappa shape index (κ3) is 2.96. The van der Waals surface area contributed by atoms with Crippen LogP contribution in [0.25, 0.3) is 0 Å². The summed E-state index contributed by atoms with van der Waals surface area (Å²) in [4.78, 5) is 0. The molecule has 5 rings (SSSR count). The number of allylic oxidation sites excluding steroid dienone is 1. The Balaban J connectivity index is 1.33. The molecule has 0 radical (unpaired) electrons. The van der Waals surface area contributed by atoms with Crippen LogP contribution in [0.5, 0.6) is 0 Å². The van der Waals surface area contributed by atoms with Crippen molar-refractivity contribution in [2.24, 2.45) is 57.7 Å². The minimum absolute atomic E-state index is 0.0786. The van der Waals surface area contributed by atoms with Gasteiger partial charge in [-0.25, -0.2) is 0 Å². The maximum atomic E-state index is 10.3. The first-order valence-corrected chi connectivity index (χ1v) is 13.5. The minimum Gasteiger partial charge on any atom is -0.393 e. The van der Waals surface area contributed by atoms with Crippen molar-refractivity contribution >= 4 is 0 Å². The number of rotatable bonds is 4. The third-order valence-electron chi connectivity index (χ3n) is 12.2. The van der Waals surface area contributed by atoms with E-state index >= 15 is 0 Å². The molecular formula is C29H48O. The van der Waals surface area contributed by atoms with Gasteiger partial charge < -0.3 is 5.11 Å². The number of hydrogen-bond acceptors (Lipinski definition) is 1. The normalized spacial score (nSPS) is 52.6. The SMILES string of the molecule is CC[C@@H]1[C@@H](C[C@@H](C)[C@H]2CC[C@H]3[C@@H]4CC=C5C[C@@H](O)CC[C@]5(C)[C@H]4CC[C@]23C)C1(C)C. The molecule has 1 N–H and O–H groups in total. The largest absolute Gasteiger partial charge is 0.393 e. The van der Waals surface area contributed by atoms with Crippen LogP contribution in [0, 0.1) is 57.7 Å². The van der Waals surface area contributed by atoms with Crippen molar-refractivity contribution in [2.75, 3.05) is 0 Å². The molecule has 0 heterocycles. The molecule has 0 saturated heterocycles. The second-order valence-electron chi connectivity index (χ2n) is 13.5. The van der Waals surface area contributed by atoms with Crippen molar-refractivity contribution in [1.82, 2.24) is 0 Å². The van der Waals surface area contributed by atoms with Gasteiger partial charge in [0.25, 0.3) is 0 Å². The van der Waals surface area contributed by atoms with E-state index < -0.39 is 0 Å². The molecule has 10 atom stereocenters. The zero-order valence-electron chi connectivity index (χ0n) is 20.7. The smallest absolute Gasteiger partial charge is 0.0577 e. The first-order chi connectivity index (χ1) is 14.1. The highest BCUT2D eigenvalue weighted by Crippen LogP contribution is 2.69. The molecule has 1 nitrogen and oxygen atoms in total. The van der Waals surface area contributed by atoms with Crippen molar-refractivity contribution in [3.05, 3.63) is 11.6 Å². The van der Waals surface area contributed by atoms with E-state index in [9.17, 15) is 5.11 Å². The fourth-order valence-electron chi connectivity index (χ4n) is 10.3. The number of hydrogen-bond donors (Lipinski definition) is 1. The lowest BCUT2D eigenvalue weighted by molar-refractivity contribution is -0.0576. The summed E-state index contributed by atoms with van der Waals surface area (Å²) in [5.41, 5.74) is 3.19. The Bertz CT molecular complexity index is 705. The van der Waals surface area contributed by atoms with E-state index in [4.69, 9.17) is 0 Å². The zero-order chi connectivity index (χ0) is 21.5. The molecule has 5 aliphatic carbocycles. The lowest BCUT2D eigenvalue weighted by Gasteiger charge is -2.58. The van der Waals surface area contributed by atoms with E-state index in [0.717, 1.165) is 54.3 Å². The predicted molar refractivity (Wildman–Crippen MR) is 126 cm³/mol. The molecule has 1 heteroatoms. The fraction of sp³-hybridized carbons (Fsp3) is 0.931. The van der Waals surface area contributed by atoms with E-state index in [1.165, 1.54) is 51.4 Å². The van der Waals surface area contributed by atoms with Gasteiger partial charge in [-0.1, -0.05) is 59.6 Å². The van der Waals surface area contributed by atoms with Crippen LogP contribution in [0.2, 0.25) is 0 Å². The topological polar surface area (TPSA) is 20.2 Å². The van der Waals surface area contributed by atoms with Crippen molar-refractivity contribution in [3.8, 4) is 0 Å². The summed E-state index contributed by atoms with van der Waals surface area (Å²) < 4.78 is 0. The Morgan fingerprint density at radius 2 is 1.77 bits per heavy atom. The van der Waals surface area contributed by atoms with Gasteiger partial charge in [0, 0.05) is 0 Å². The highest BCUT2D eigenvalue weighted by molar-refractivity contribution is 5.25. The maximum Gasteiger partial charge on any atom is 0.0577 e. The lowest BCUT2D eigenvalue weighted by atomic mass is 9.47. The highest BCUT2D eigenvalue weighted by Gasteiger charge is 2.61. The molecule has 170 valence electrons. The second-order valence-corrected chi connectivity index (χ2v) is 13.5. The van der Waals surface area contributed by atoms with Crippen LogP contribution in [0.1, 0.15) is 106 Å². The van der Waals surface area contributed by atoms with Crippen LogP contribution in [-0.4, -0.2) is 11.2 Å². The van der Waals surface area contributed by atoms with E-state index in [2.05, 4.69) is 47.6 Å². The van der Waals surface area contributed by atoms with Gasteiger partial charge in [0.15, 0.2) is 0 Å². The van der Waals surface area contributed by atoms with E-state index in [1.54, 1.807) is 5.57 Å². The quantitative estimate of drug-likeness (QED) is 0.470. The van der Waals surface area contributed by atoms with E-state index in [1.807, 2.05) is 0 Å². The van der Waals surface area contributed by atoms with E-state index in [-0.39, 0.29) is 6.10 Å². The van der Waals surface area contributed by atoms with Gasteiger partial charge in [-0.3, -0.25) is 0 Å². The molecule has 0 bridgehead atoms. The number of fused-ring (bicyclic) bond motifs is 5. The second kappa shape index (κ2) is 7.10. The molecule has 0 spiro atoms. The Kier molecular flexibility index (Phi) is 5.10. The zero-order valence-corrected chi connectivity index (χ0v) is 20.7. The maximum absolute atomic E-state index is 10.3. The summed E-state index contributed by atoms with van der Waals surface area (Å²) >= 11 is 0. The van der Waals surface area contributed by atoms with Gasteiger partial charge in [-0.05, 0) is 115 Å². The summed E-state index contributed by atoms with van der Waals surface area (Å²) in [5.74, 6) is 6.53. The van der Waals surface area contributed by atoms with Crippen LogP contribution in [-0.2, 0) is 0 Å². The Labute approximate surface area is 186 Å². The van der Waals surface area contributed by atoms with Crippen LogP contribution >= 0.6 is 0 Å². The minimum atomic E-state index is -0.0786. The van der Waals surface area contributed by atoms with Gasteiger partial charge in [0.05, 0.1) is 6.10 Å². The monoisotopic (exact) mass is 412 g/mol. The molecule has 4 saturated carbocycles. The molecule has 4 fully saturated rings. The van der Waals surface area contributed by atoms with Crippen molar-refractivity contribution < 1.29 is 5.11 Å². The van der Waals surface area contributed by atoms with Gasteiger partial charge in [0.1, 0.15) is 0 Å². The molecule has 0 amide bonds. The van der Waals surface area contributed by atoms with Crippen LogP contribution in [0.3, 0.4) is 0 Å². The summed E-state index contributed by atoms with van der Waals surface area (Å²) in [6.45, 7) is 15.4. The van der Waals surface area contributed by atoms with Crippen LogP contribution in [0.4, 0.5) is 0 Å². The highest BCUT2D eigenvalue weighted by atomic mass is 16.3. The molecule has 0 unspecified atom stereocenters. The fourth-order valence-corrected chi connectivity index (χ4v) is 10.3. The molecule has 0 aromatic carbocycles. The molecule has 0 aromatic rings. The average molecular weight is 413 g/mol. The van der Waals surface area contributed by atoms with Gasteiger partial charge in [-0.15, -0.1) is 0 Å². The number of aliphatic hydroxyl groups excluding tert-OH is 1. The molecule has 0 aromatic heterocycles.